The molecule has 0 atom stereocenters. The molecule has 1 aliphatic rings. The lowest BCUT2D eigenvalue weighted by molar-refractivity contribution is 1.09. The van der Waals surface area contributed by atoms with Crippen LogP contribution in [0, 0.1) is 6.92 Å². The first-order chi connectivity index (χ1) is 5.29. The zero-order chi connectivity index (χ0) is 7.84. The first-order valence-electron chi connectivity index (χ1n) is 4.00. The molecule has 11 heavy (non-hydrogen) atoms. The van der Waals surface area contributed by atoms with Crippen molar-refractivity contribution >= 4 is 5.69 Å². The van der Waals surface area contributed by atoms with Crippen LogP contribution in [0.4, 0.5) is 5.69 Å². The van der Waals surface area contributed by atoms with Gasteiger partial charge in [0.1, 0.15) is 0 Å². The molecule has 1 fully saturated rings. The molecule has 1 aromatic rings. The van der Waals surface area contributed by atoms with Gasteiger partial charge >= 0.3 is 0 Å². The molecule has 2 rings (SSSR count). The van der Waals surface area contributed by atoms with Crippen molar-refractivity contribution < 1.29 is 0 Å². The molecule has 2 heteroatoms. The monoisotopic (exact) mass is 148 g/mol. The van der Waals surface area contributed by atoms with Crippen LogP contribution in [0.25, 0.3) is 0 Å². The van der Waals surface area contributed by atoms with Crippen molar-refractivity contribution in [1.29, 1.82) is 0 Å². The van der Waals surface area contributed by atoms with Crippen molar-refractivity contribution in [3.05, 3.63) is 23.5 Å². The molecule has 0 aliphatic heterocycles. The minimum absolute atomic E-state index is 0.733. The molecule has 0 saturated heterocycles. The highest BCUT2D eigenvalue weighted by molar-refractivity contribution is 5.52. The van der Waals surface area contributed by atoms with Crippen LogP contribution in [-0.4, -0.2) is 4.98 Å². The largest absolute Gasteiger partial charge is 0.397 e. The number of pyridine rings is 1. The highest BCUT2D eigenvalue weighted by Gasteiger charge is 2.25. The van der Waals surface area contributed by atoms with Crippen LogP contribution < -0.4 is 5.73 Å². The van der Waals surface area contributed by atoms with E-state index in [9.17, 15) is 0 Å². The second kappa shape index (κ2) is 2.22. The maximum absolute atomic E-state index is 5.86. The Hall–Kier alpha value is -1.05. The van der Waals surface area contributed by atoms with Gasteiger partial charge in [-0.2, -0.15) is 0 Å². The van der Waals surface area contributed by atoms with E-state index in [1.807, 2.05) is 19.2 Å². The number of aryl methyl sites for hydroxylation is 1. The maximum Gasteiger partial charge on any atom is 0.0604 e. The third-order valence-electron chi connectivity index (χ3n) is 2.24. The summed E-state index contributed by atoms with van der Waals surface area (Å²) in [5.74, 6) is 0.733. The Morgan fingerprint density at radius 1 is 1.55 bits per heavy atom. The van der Waals surface area contributed by atoms with E-state index >= 15 is 0 Å². The normalized spacial score (nSPS) is 16.8. The Morgan fingerprint density at radius 3 is 2.91 bits per heavy atom. The molecule has 1 heterocycles. The summed E-state index contributed by atoms with van der Waals surface area (Å²) >= 11 is 0. The van der Waals surface area contributed by atoms with E-state index in [2.05, 4.69) is 4.98 Å². The molecule has 0 unspecified atom stereocenters. The Labute approximate surface area is 66.4 Å². The lowest BCUT2D eigenvalue weighted by Gasteiger charge is -2.04. The standard InChI is InChI=1S/C9H12N2/c1-6-9(10)8(4-5-11-6)7-2-3-7/h4-5,7H,2-3,10H2,1H3. The quantitative estimate of drug-likeness (QED) is 0.660. The van der Waals surface area contributed by atoms with Gasteiger partial charge in [0, 0.05) is 6.20 Å². The molecular formula is C9H12N2. The zero-order valence-electron chi connectivity index (χ0n) is 6.67. The number of nitrogen functional groups attached to an aromatic ring is 1. The van der Waals surface area contributed by atoms with E-state index in [-0.39, 0.29) is 0 Å². The summed E-state index contributed by atoms with van der Waals surface area (Å²) in [6.45, 7) is 1.96. The third-order valence-corrected chi connectivity index (χ3v) is 2.24. The van der Waals surface area contributed by atoms with Gasteiger partial charge in [-0.15, -0.1) is 0 Å². The van der Waals surface area contributed by atoms with Crippen molar-refractivity contribution in [3.63, 3.8) is 0 Å². The molecule has 58 valence electrons. The fourth-order valence-electron chi connectivity index (χ4n) is 1.35. The average Bonchev–Trinajstić information content (AvgIpc) is 2.77. The summed E-state index contributed by atoms with van der Waals surface area (Å²) in [6.07, 6.45) is 4.45. The predicted octanol–water partition coefficient (Wildman–Crippen LogP) is 1.85. The van der Waals surface area contributed by atoms with Gasteiger partial charge in [-0.3, -0.25) is 4.98 Å². The summed E-state index contributed by atoms with van der Waals surface area (Å²) < 4.78 is 0. The first-order valence-corrected chi connectivity index (χ1v) is 4.00. The molecule has 0 radical (unpaired) electrons. The Morgan fingerprint density at radius 2 is 2.27 bits per heavy atom. The lowest BCUT2D eigenvalue weighted by atomic mass is 10.1. The second-order valence-electron chi connectivity index (χ2n) is 3.17. The molecule has 0 aromatic carbocycles. The van der Waals surface area contributed by atoms with Crippen LogP contribution in [0.15, 0.2) is 12.3 Å². The van der Waals surface area contributed by atoms with Crippen LogP contribution in [0.2, 0.25) is 0 Å². The van der Waals surface area contributed by atoms with Crippen LogP contribution in [0.5, 0.6) is 0 Å². The summed E-state index contributed by atoms with van der Waals surface area (Å²) in [6, 6.07) is 2.04. The third kappa shape index (κ3) is 1.09. The smallest absolute Gasteiger partial charge is 0.0604 e. The average molecular weight is 148 g/mol. The van der Waals surface area contributed by atoms with Gasteiger partial charge in [-0.25, -0.2) is 0 Å². The number of nitrogens with two attached hydrogens (primary N) is 1. The van der Waals surface area contributed by atoms with Gasteiger partial charge in [-0.05, 0) is 37.3 Å². The minimum atomic E-state index is 0.733. The number of nitrogens with zero attached hydrogens (tertiary/aromatic N) is 1. The topological polar surface area (TPSA) is 38.9 Å². The van der Waals surface area contributed by atoms with Gasteiger partial charge in [0.25, 0.3) is 0 Å². The Bertz CT molecular complexity index is 277. The lowest BCUT2D eigenvalue weighted by Crippen LogP contribution is -1.97. The van der Waals surface area contributed by atoms with E-state index in [0.29, 0.717) is 0 Å². The molecule has 2 N–H and O–H groups in total. The molecule has 0 spiro atoms. The highest BCUT2D eigenvalue weighted by Crippen LogP contribution is 2.42. The van der Waals surface area contributed by atoms with Crippen LogP contribution in [-0.2, 0) is 0 Å². The van der Waals surface area contributed by atoms with Crippen molar-refractivity contribution in [2.24, 2.45) is 0 Å². The first kappa shape index (κ1) is 6.65. The van der Waals surface area contributed by atoms with Crippen molar-refractivity contribution in [1.82, 2.24) is 4.98 Å². The van der Waals surface area contributed by atoms with Gasteiger partial charge in [0.05, 0.1) is 11.4 Å². The molecule has 1 aromatic heterocycles. The van der Waals surface area contributed by atoms with Crippen LogP contribution in [0.1, 0.15) is 30.0 Å². The maximum atomic E-state index is 5.86. The van der Waals surface area contributed by atoms with Gasteiger partial charge in [0.15, 0.2) is 0 Å². The second-order valence-corrected chi connectivity index (χ2v) is 3.17. The summed E-state index contributed by atoms with van der Waals surface area (Å²) in [5.41, 5.74) is 9.03. The number of anilines is 1. The Balaban J connectivity index is 2.45. The van der Waals surface area contributed by atoms with Crippen LogP contribution >= 0.6 is 0 Å². The van der Waals surface area contributed by atoms with Crippen molar-refractivity contribution in [3.8, 4) is 0 Å². The number of hydrogen-bond donors (Lipinski definition) is 1. The summed E-state index contributed by atoms with van der Waals surface area (Å²) in [5, 5.41) is 0. The van der Waals surface area contributed by atoms with Crippen molar-refractivity contribution in [2.75, 3.05) is 5.73 Å². The number of rotatable bonds is 1. The van der Waals surface area contributed by atoms with Crippen LogP contribution in [0.3, 0.4) is 0 Å². The molecule has 0 amide bonds. The van der Waals surface area contributed by atoms with E-state index in [4.69, 9.17) is 5.73 Å². The van der Waals surface area contributed by atoms with E-state index in [0.717, 1.165) is 17.3 Å². The Kier molecular flexibility index (Phi) is 1.34. The van der Waals surface area contributed by atoms with Crippen molar-refractivity contribution in [2.45, 2.75) is 25.7 Å². The molecule has 0 bridgehead atoms. The molecule has 2 nitrogen and oxygen atoms in total. The fraction of sp³-hybridized carbons (Fsp3) is 0.444. The summed E-state index contributed by atoms with van der Waals surface area (Å²) in [7, 11) is 0. The SMILES string of the molecule is Cc1nccc(C2CC2)c1N. The molecule has 1 saturated carbocycles. The van der Waals surface area contributed by atoms with E-state index in [1.54, 1.807) is 0 Å². The van der Waals surface area contributed by atoms with Gasteiger partial charge in [0.2, 0.25) is 0 Å². The van der Waals surface area contributed by atoms with E-state index < -0.39 is 0 Å². The fourth-order valence-corrected chi connectivity index (χ4v) is 1.35. The number of aromatic nitrogens is 1. The van der Waals surface area contributed by atoms with E-state index in [1.165, 1.54) is 18.4 Å². The highest BCUT2D eigenvalue weighted by atomic mass is 14.7. The minimum Gasteiger partial charge on any atom is -0.397 e. The number of hydrogen-bond acceptors (Lipinski definition) is 2. The van der Waals surface area contributed by atoms with Gasteiger partial charge in [-0.1, -0.05) is 0 Å². The van der Waals surface area contributed by atoms with Gasteiger partial charge < -0.3 is 5.73 Å². The molecule has 1 aliphatic carbocycles. The molecular weight excluding hydrogens is 136 g/mol. The predicted molar refractivity (Wildman–Crippen MR) is 45.4 cm³/mol. The summed E-state index contributed by atoms with van der Waals surface area (Å²) in [4.78, 5) is 4.12. The zero-order valence-corrected chi connectivity index (χ0v) is 6.67.